The van der Waals surface area contributed by atoms with Crippen LogP contribution in [-0.2, 0) is 25.6 Å². The van der Waals surface area contributed by atoms with E-state index in [2.05, 4.69) is 15.0 Å². The number of fused-ring (bicyclic) bond motifs is 1. The van der Waals surface area contributed by atoms with Crippen LogP contribution in [-0.4, -0.2) is 55.5 Å². The van der Waals surface area contributed by atoms with Gasteiger partial charge in [-0.05, 0) is 25.6 Å². The monoisotopic (exact) mass is 407 g/mol. The summed E-state index contributed by atoms with van der Waals surface area (Å²) in [6, 6.07) is 3.63. The maximum atomic E-state index is 12.4. The number of esters is 2. The highest BCUT2D eigenvalue weighted by atomic mass is 32.1. The molecule has 0 aliphatic heterocycles. The summed E-state index contributed by atoms with van der Waals surface area (Å²) in [5, 5.41) is 3.53. The van der Waals surface area contributed by atoms with E-state index in [0.717, 1.165) is 5.69 Å². The van der Waals surface area contributed by atoms with Crippen LogP contribution >= 0.6 is 11.3 Å². The van der Waals surface area contributed by atoms with Gasteiger partial charge >= 0.3 is 11.9 Å². The third kappa shape index (κ3) is 5.05. The van der Waals surface area contributed by atoms with E-state index in [1.54, 1.807) is 11.9 Å². The summed E-state index contributed by atoms with van der Waals surface area (Å²) in [5.74, 6) is -1.19. The van der Waals surface area contributed by atoms with E-state index in [9.17, 15) is 14.4 Å². The Labute approximate surface area is 167 Å². The van der Waals surface area contributed by atoms with Gasteiger partial charge in [-0.1, -0.05) is 13.8 Å². The predicted molar refractivity (Wildman–Crippen MR) is 107 cm³/mol. The van der Waals surface area contributed by atoms with Crippen molar-refractivity contribution in [1.82, 2.24) is 9.88 Å². The van der Waals surface area contributed by atoms with Gasteiger partial charge in [0.15, 0.2) is 0 Å². The van der Waals surface area contributed by atoms with Crippen molar-refractivity contribution in [2.24, 2.45) is 5.92 Å². The van der Waals surface area contributed by atoms with Gasteiger partial charge in [0.1, 0.15) is 9.71 Å². The van der Waals surface area contributed by atoms with Crippen molar-refractivity contribution >= 4 is 45.1 Å². The molecule has 0 unspecified atom stereocenters. The van der Waals surface area contributed by atoms with Gasteiger partial charge in [-0.3, -0.25) is 14.5 Å². The first-order valence-corrected chi connectivity index (χ1v) is 9.69. The Bertz CT molecular complexity index is 880. The Morgan fingerprint density at radius 1 is 1.25 bits per heavy atom. The number of rotatable bonds is 8. The molecule has 0 saturated heterocycles. The number of hydrogen-bond acceptors (Lipinski definition) is 8. The number of amides is 1. The molecule has 9 heteroatoms. The maximum absolute atomic E-state index is 12.4. The zero-order valence-corrected chi connectivity index (χ0v) is 17.5. The standard InChI is InChI=1S/C19H25N3O5S/c1-6-11(2)17(24)21-15-13-8-7-12(9-22(3)10-14(23)26-4)20-18(13)28-16(15)19(25)27-5/h7-8,11H,6,9-10H2,1-5H3,(H,21,24)/t11-/m0/s1. The summed E-state index contributed by atoms with van der Waals surface area (Å²) >= 11 is 1.17. The zero-order valence-electron chi connectivity index (χ0n) is 16.7. The number of carbonyl (C=O) groups excluding carboxylic acids is 3. The van der Waals surface area contributed by atoms with Crippen molar-refractivity contribution in [2.75, 3.05) is 33.1 Å². The summed E-state index contributed by atoms with van der Waals surface area (Å²) in [7, 11) is 4.43. The fourth-order valence-electron chi connectivity index (χ4n) is 2.51. The Morgan fingerprint density at radius 2 is 1.96 bits per heavy atom. The Balaban J connectivity index is 2.36. The van der Waals surface area contributed by atoms with Gasteiger partial charge in [0.05, 0.1) is 32.1 Å². The maximum Gasteiger partial charge on any atom is 0.350 e. The van der Waals surface area contributed by atoms with Crippen LogP contribution in [0.2, 0.25) is 0 Å². The number of thiophene rings is 1. The molecule has 1 atom stereocenters. The summed E-state index contributed by atoms with van der Waals surface area (Å²) < 4.78 is 9.52. The highest BCUT2D eigenvalue weighted by Crippen LogP contribution is 2.36. The normalized spacial score (nSPS) is 12.1. The molecule has 0 saturated carbocycles. The number of anilines is 1. The summed E-state index contributed by atoms with van der Waals surface area (Å²) in [6.07, 6.45) is 0.691. The number of carbonyl (C=O) groups is 3. The van der Waals surface area contributed by atoms with E-state index in [0.29, 0.717) is 33.7 Å². The molecule has 0 spiro atoms. The molecule has 0 aliphatic carbocycles. The number of nitrogens with zero attached hydrogens (tertiary/aromatic N) is 2. The average Bonchev–Trinajstić information content (AvgIpc) is 3.03. The Hall–Kier alpha value is -2.52. The van der Waals surface area contributed by atoms with Gasteiger partial charge in [0.25, 0.3) is 0 Å². The number of hydrogen-bond donors (Lipinski definition) is 1. The molecule has 2 heterocycles. The number of nitrogens with one attached hydrogen (secondary N) is 1. The van der Waals surface area contributed by atoms with Crippen molar-refractivity contribution in [3.05, 3.63) is 22.7 Å². The van der Waals surface area contributed by atoms with Crippen LogP contribution < -0.4 is 5.32 Å². The molecule has 8 nitrogen and oxygen atoms in total. The minimum Gasteiger partial charge on any atom is -0.468 e. The van der Waals surface area contributed by atoms with Crippen LogP contribution in [0.15, 0.2) is 12.1 Å². The van der Waals surface area contributed by atoms with E-state index in [1.165, 1.54) is 25.6 Å². The molecule has 28 heavy (non-hydrogen) atoms. The van der Waals surface area contributed by atoms with Crippen molar-refractivity contribution in [3.63, 3.8) is 0 Å². The molecular formula is C19H25N3O5S. The lowest BCUT2D eigenvalue weighted by Gasteiger charge is -2.14. The summed E-state index contributed by atoms with van der Waals surface area (Å²) in [6.45, 7) is 4.33. The summed E-state index contributed by atoms with van der Waals surface area (Å²) in [5.41, 5.74) is 1.16. The number of methoxy groups -OCH3 is 2. The van der Waals surface area contributed by atoms with E-state index in [1.807, 2.05) is 26.0 Å². The lowest BCUT2D eigenvalue weighted by molar-refractivity contribution is -0.141. The van der Waals surface area contributed by atoms with Gasteiger partial charge in [0, 0.05) is 17.8 Å². The Kier molecular flexibility index (Phi) is 7.47. The predicted octanol–water partition coefficient (Wildman–Crippen LogP) is 2.67. The van der Waals surface area contributed by atoms with Crippen molar-refractivity contribution in [2.45, 2.75) is 26.8 Å². The van der Waals surface area contributed by atoms with Crippen molar-refractivity contribution < 1.29 is 23.9 Å². The fraction of sp³-hybridized carbons (Fsp3) is 0.474. The molecule has 0 fully saturated rings. The molecule has 2 aromatic heterocycles. The lowest BCUT2D eigenvalue weighted by atomic mass is 10.1. The molecule has 1 amide bonds. The molecule has 0 aliphatic rings. The highest BCUT2D eigenvalue weighted by molar-refractivity contribution is 7.21. The topological polar surface area (TPSA) is 97.8 Å². The van der Waals surface area contributed by atoms with Crippen LogP contribution in [0.5, 0.6) is 0 Å². The largest absolute Gasteiger partial charge is 0.468 e. The highest BCUT2D eigenvalue weighted by Gasteiger charge is 2.23. The molecular weight excluding hydrogens is 382 g/mol. The fourth-order valence-corrected chi connectivity index (χ4v) is 3.58. The molecule has 2 rings (SSSR count). The van der Waals surface area contributed by atoms with E-state index >= 15 is 0 Å². The lowest BCUT2D eigenvalue weighted by Crippen LogP contribution is -2.26. The van der Waals surface area contributed by atoms with E-state index in [4.69, 9.17) is 4.74 Å². The molecule has 0 radical (unpaired) electrons. The van der Waals surface area contributed by atoms with Crippen LogP contribution in [0.1, 0.15) is 35.6 Å². The minimum atomic E-state index is -0.521. The van der Waals surface area contributed by atoms with Crippen LogP contribution in [0.3, 0.4) is 0 Å². The van der Waals surface area contributed by atoms with E-state index < -0.39 is 5.97 Å². The van der Waals surface area contributed by atoms with Gasteiger partial charge in [-0.15, -0.1) is 11.3 Å². The van der Waals surface area contributed by atoms with Crippen LogP contribution in [0.4, 0.5) is 5.69 Å². The first-order valence-electron chi connectivity index (χ1n) is 8.87. The first kappa shape index (κ1) is 21.8. The van der Waals surface area contributed by atoms with Gasteiger partial charge < -0.3 is 14.8 Å². The molecule has 1 N–H and O–H groups in total. The molecule has 0 bridgehead atoms. The smallest absolute Gasteiger partial charge is 0.350 e. The minimum absolute atomic E-state index is 0.143. The number of likely N-dealkylation sites (N-methyl/N-ethyl adjacent to an activating group) is 1. The van der Waals surface area contributed by atoms with Gasteiger partial charge in [-0.25, -0.2) is 9.78 Å². The van der Waals surface area contributed by atoms with Gasteiger partial charge in [0.2, 0.25) is 5.91 Å². The number of pyridine rings is 1. The Morgan fingerprint density at radius 3 is 2.57 bits per heavy atom. The van der Waals surface area contributed by atoms with Gasteiger partial charge in [-0.2, -0.15) is 0 Å². The van der Waals surface area contributed by atoms with Crippen molar-refractivity contribution in [1.29, 1.82) is 0 Å². The molecule has 2 aromatic rings. The van der Waals surface area contributed by atoms with Crippen LogP contribution in [0.25, 0.3) is 10.2 Å². The quantitative estimate of drug-likeness (QED) is 0.672. The first-order chi connectivity index (χ1) is 13.3. The third-order valence-corrected chi connectivity index (χ3v) is 5.43. The average molecular weight is 407 g/mol. The third-order valence-electron chi connectivity index (χ3n) is 4.35. The zero-order chi connectivity index (χ0) is 20.8. The summed E-state index contributed by atoms with van der Waals surface area (Å²) in [4.78, 5) is 43.2. The molecule has 0 aromatic carbocycles. The second kappa shape index (κ2) is 9.61. The SMILES string of the molecule is CC[C@H](C)C(=O)Nc1c(C(=O)OC)sc2nc(CN(C)CC(=O)OC)ccc12. The van der Waals surface area contributed by atoms with Crippen molar-refractivity contribution in [3.8, 4) is 0 Å². The number of ether oxygens (including phenoxy) is 2. The second-order valence-corrected chi connectivity index (χ2v) is 7.50. The molecule has 152 valence electrons. The van der Waals surface area contributed by atoms with Crippen LogP contribution in [0, 0.1) is 5.92 Å². The second-order valence-electron chi connectivity index (χ2n) is 6.50. The van der Waals surface area contributed by atoms with E-state index in [-0.39, 0.29) is 24.3 Å². The number of aromatic nitrogens is 1.